The highest BCUT2D eigenvalue weighted by atomic mass is 16.2. The molecule has 49 heavy (non-hydrogen) atoms. The maximum atomic E-state index is 14.5. The summed E-state index contributed by atoms with van der Waals surface area (Å²) in [5.41, 5.74) is 10.4. The maximum absolute atomic E-state index is 14.5. The maximum Gasteiger partial charge on any atom is 0.362 e. The molecule has 12 heteroatoms. The number of nitrogen functional groups attached to an aromatic ring is 1. The number of piperazine rings is 1. The molecule has 0 spiro atoms. The van der Waals surface area contributed by atoms with Gasteiger partial charge in [-0.3, -0.25) is 18.8 Å². The number of benzene rings is 2. The van der Waals surface area contributed by atoms with Crippen molar-refractivity contribution in [1.82, 2.24) is 39.5 Å². The number of amides is 1. The lowest BCUT2D eigenvalue weighted by Crippen LogP contribution is -2.45. The van der Waals surface area contributed by atoms with Crippen LogP contribution in [0.1, 0.15) is 45.8 Å². The van der Waals surface area contributed by atoms with E-state index in [1.807, 2.05) is 73.3 Å². The first-order valence-corrected chi connectivity index (χ1v) is 16.4. The fourth-order valence-corrected chi connectivity index (χ4v) is 6.50. The number of carbonyl (C=O) groups is 1. The molecule has 1 saturated heterocycles. The minimum atomic E-state index is -0.573. The lowest BCUT2D eigenvalue weighted by Gasteiger charge is -2.32. The Morgan fingerprint density at radius 3 is 2.61 bits per heavy atom. The number of anilines is 1. The van der Waals surface area contributed by atoms with Crippen LogP contribution in [0.25, 0.3) is 22.1 Å². The van der Waals surface area contributed by atoms with Crippen molar-refractivity contribution >= 4 is 28.1 Å². The second-order valence-electron chi connectivity index (χ2n) is 12.5. The average molecular weight is 656 g/mol. The van der Waals surface area contributed by atoms with Gasteiger partial charge in [-0.2, -0.15) is 5.10 Å². The van der Waals surface area contributed by atoms with E-state index in [1.165, 1.54) is 0 Å². The van der Waals surface area contributed by atoms with E-state index >= 15 is 0 Å². The Labute approximate surface area is 283 Å². The van der Waals surface area contributed by atoms with Gasteiger partial charge in [-0.15, -0.1) is 4.52 Å². The van der Waals surface area contributed by atoms with Gasteiger partial charge in [-0.1, -0.05) is 42.2 Å². The van der Waals surface area contributed by atoms with Gasteiger partial charge in [0.15, 0.2) is 11.4 Å². The van der Waals surface area contributed by atoms with Crippen molar-refractivity contribution in [3.63, 3.8) is 0 Å². The molecule has 4 N–H and O–H groups in total. The number of carbonyl (C=O) groups excluding carboxylic acids is 1. The third-order valence-electron chi connectivity index (χ3n) is 9.24. The Morgan fingerprint density at radius 1 is 1.04 bits per heavy atom. The van der Waals surface area contributed by atoms with E-state index in [0.717, 1.165) is 55.8 Å². The number of rotatable bonds is 7. The molecule has 7 rings (SSSR count). The molecule has 1 aliphatic rings. The van der Waals surface area contributed by atoms with Crippen molar-refractivity contribution < 1.29 is 9.31 Å². The zero-order valence-corrected chi connectivity index (χ0v) is 27.8. The molecule has 0 saturated carbocycles. The van der Waals surface area contributed by atoms with Crippen LogP contribution in [0.5, 0.6) is 0 Å². The van der Waals surface area contributed by atoms with Crippen LogP contribution < -0.4 is 21.1 Å². The lowest BCUT2D eigenvalue weighted by atomic mass is 10.0. The van der Waals surface area contributed by atoms with E-state index in [4.69, 9.17) is 5.73 Å². The van der Waals surface area contributed by atoms with Crippen molar-refractivity contribution in [1.29, 1.82) is 0 Å². The van der Waals surface area contributed by atoms with Crippen LogP contribution in [0.3, 0.4) is 0 Å². The standard InChI is InChI=1S/C37H38N10O2/c1-25(41-36(48)33-34(38)42-46-17-8-16-39-35(33)46)31-23-27-10-7-9-26(32(27)37(49)47(31)29-11-5-4-6-12-29)13-14-28-24-40-44(3)30(28)15-18-45-21-19-43(2)20-22-45/h4-12,16-17,23-25H,15,18-22H2,1-3H3,(H3,38,41,42,48)/p+1. The summed E-state index contributed by atoms with van der Waals surface area (Å²) in [6, 6.07) is 18.2. The number of nitrogens with two attached hydrogens (primary N) is 1. The molecule has 0 radical (unpaired) electrons. The predicted octanol–water partition coefficient (Wildman–Crippen LogP) is 2.45. The SMILES string of the molecule is CC(NC(=O)c1c(N)[nH][n+]2cccnc12)c1cc2cccc(C#Cc3cnn(C)c3CCN3CCN(C)CC3)c2c(=O)n1-c1ccccc1. The number of nitrogens with one attached hydrogen (secondary N) is 2. The molecule has 6 aromatic rings. The molecular formula is C37H39N10O2+. The zero-order valence-electron chi connectivity index (χ0n) is 27.8. The Hall–Kier alpha value is -5.77. The summed E-state index contributed by atoms with van der Waals surface area (Å²) in [5, 5.41) is 11.7. The molecule has 0 aliphatic carbocycles. The quantitative estimate of drug-likeness (QED) is 0.178. The van der Waals surface area contributed by atoms with Gasteiger partial charge in [0.25, 0.3) is 11.5 Å². The number of likely N-dealkylation sites (N-methyl/N-ethyl adjacent to an activating group) is 1. The first-order valence-electron chi connectivity index (χ1n) is 16.4. The number of hydrogen-bond donors (Lipinski definition) is 3. The van der Waals surface area contributed by atoms with Crippen LogP contribution in [0.4, 0.5) is 5.82 Å². The lowest BCUT2D eigenvalue weighted by molar-refractivity contribution is -0.577. The molecule has 5 heterocycles. The number of pyridine rings is 1. The molecule has 0 bridgehead atoms. The van der Waals surface area contributed by atoms with Crippen LogP contribution in [0.15, 0.2) is 84.0 Å². The highest BCUT2D eigenvalue weighted by Gasteiger charge is 2.27. The van der Waals surface area contributed by atoms with Crippen LogP contribution in [0.2, 0.25) is 0 Å². The first-order chi connectivity index (χ1) is 23.8. The molecule has 1 unspecified atom stereocenters. The molecule has 248 valence electrons. The fraction of sp³-hybridized carbons (Fsp3) is 0.270. The van der Waals surface area contributed by atoms with Crippen molar-refractivity contribution in [3.05, 3.63) is 118 Å². The molecule has 1 fully saturated rings. The third-order valence-corrected chi connectivity index (χ3v) is 9.24. The fourth-order valence-electron chi connectivity index (χ4n) is 6.50. The average Bonchev–Trinajstić information content (AvgIpc) is 3.64. The summed E-state index contributed by atoms with van der Waals surface area (Å²) < 4.78 is 5.14. The first kappa shape index (κ1) is 31.8. The molecule has 1 amide bonds. The molecule has 4 aromatic heterocycles. The second-order valence-corrected chi connectivity index (χ2v) is 12.5. The van der Waals surface area contributed by atoms with Crippen molar-refractivity contribution in [3.8, 4) is 17.5 Å². The van der Waals surface area contributed by atoms with E-state index in [2.05, 4.69) is 49.2 Å². The third kappa shape index (κ3) is 6.29. The number of aryl methyl sites for hydroxylation is 1. The highest BCUT2D eigenvalue weighted by molar-refractivity contribution is 6.03. The van der Waals surface area contributed by atoms with E-state index in [-0.39, 0.29) is 16.9 Å². The highest BCUT2D eigenvalue weighted by Crippen LogP contribution is 2.24. The van der Waals surface area contributed by atoms with Gasteiger partial charge in [0.2, 0.25) is 0 Å². The Morgan fingerprint density at radius 2 is 1.82 bits per heavy atom. The number of nitrogens with zero attached hydrogens (tertiary/aromatic N) is 7. The number of H-pyrrole nitrogens is 1. The van der Waals surface area contributed by atoms with E-state index in [9.17, 15) is 9.59 Å². The van der Waals surface area contributed by atoms with Gasteiger partial charge in [0.05, 0.1) is 28.9 Å². The van der Waals surface area contributed by atoms with Crippen LogP contribution in [-0.4, -0.2) is 79.9 Å². The molecule has 12 nitrogen and oxygen atoms in total. The zero-order chi connectivity index (χ0) is 34.1. The van der Waals surface area contributed by atoms with E-state index in [0.29, 0.717) is 28.0 Å². The topological polar surface area (TPSA) is 134 Å². The summed E-state index contributed by atoms with van der Waals surface area (Å²) in [5.74, 6) is 6.43. The second kappa shape index (κ2) is 13.4. The minimum absolute atomic E-state index is 0.196. The number of aromatic amines is 1. The summed E-state index contributed by atoms with van der Waals surface area (Å²) in [6.07, 6.45) is 5.98. The molecule has 2 aromatic carbocycles. The summed E-state index contributed by atoms with van der Waals surface area (Å²) >= 11 is 0. The van der Waals surface area contributed by atoms with E-state index in [1.54, 1.807) is 33.7 Å². The summed E-state index contributed by atoms with van der Waals surface area (Å²) in [6.45, 7) is 7.04. The van der Waals surface area contributed by atoms with Gasteiger partial charge in [0, 0.05) is 69.2 Å². The van der Waals surface area contributed by atoms with E-state index < -0.39 is 11.9 Å². The van der Waals surface area contributed by atoms with Crippen LogP contribution in [0, 0.1) is 11.8 Å². The monoisotopic (exact) mass is 655 g/mol. The molecular weight excluding hydrogens is 616 g/mol. The van der Waals surface area contributed by atoms with Gasteiger partial charge < -0.3 is 20.9 Å². The Kier molecular flexibility index (Phi) is 8.69. The minimum Gasteiger partial charge on any atom is -0.382 e. The van der Waals surface area contributed by atoms with Crippen LogP contribution in [-0.2, 0) is 13.5 Å². The predicted molar refractivity (Wildman–Crippen MR) is 188 cm³/mol. The number of hydrogen-bond acceptors (Lipinski definition) is 7. The largest absolute Gasteiger partial charge is 0.382 e. The summed E-state index contributed by atoms with van der Waals surface area (Å²) in [4.78, 5) is 37.3. The van der Waals surface area contributed by atoms with Crippen molar-refractivity contribution in [2.45, 2.75) is 19.4 Å². The number of para-hydroxylation sites is 1. The normalized spacial score (nSPS) is 14.5. The summed E-state index contributed by atoms with van der Waals surface area (Å²) in [7, 11) is 4.11. The van der Waals surface area contributed by atoms with Gasteiger partial charge in [0.1, 0.15) is 12.4 Å². The van der Waals surface area contributed by atoms with Gasteiger partial charge >= 0.3 is 5.65 Å². The van der Waals surface area contributed by atoms with Gasteiger partial charge in [-0.05, 0) is 48.6 Å². The Bertz CT molecular complexity index is 2290. The van der Waals surface area contributed by atoms with Crippen molar-refractivity contribution in [2.24, 2.45) is 7.05 Å². The Balaban J connectivity index is 1.25. The molecule has 1 aliphatic heterocycles. The number of aromatic nitrogens is 6. The smallest absolute Gasteiger partial charge is 0.362 e. The molecule has 1 atom stereocenters. The number of fused-ring (bicyclic) bond motifs is 2. The van der Waals surface area contributed by atoms with Crippen LogP contribution >= 0.6 is 0 Å². The van der Waals surface area contributed by atoms with Crippen molar-refractivity contribution in [2.75, 3.05) is 45.5 Å². The van der Waals surface area contributed by atoms with Gasteiger partial charge in [-0.25, -0.2) is 5.10 Å².